The van der Waals surface area contributed by atoms with Crippen LogP contribution in [0.4, 0.5) is 0 Å². The summed E-state index contributed by atoms with van der Waals surface area (Å²) < 4.78 is 24.8. The zero-order chi connectivity index (χ0) is 14.8. The Bertz CT molecular complexity index is 598. The number of hydrogen-bond acceptors (Lipinski definition) is 3. The van der Waals surface area contributed by atoms with E-state index in [1.165, 1.54) is 18.6 Å². The summed E-state index contributed by atoms with van der Waals surface area (Å²) in [5, 5.41) is 9.08. The van der Waals surface area contributed by atoms with Gasteiger partial charge in [-0.1, -0.05) is 25.3 Å². The van der Waals surface area contributed by atoms with Crippen molar-refractivity contribution < 1.29 is 18.3 Å². The summed E-state index contributed by atoms with van der Waals surface area (Å²) in [6.07, 6.45) is 5.28. The zero-order valence-electron chi connectivity index (χ0n) is 11.6. The summed E-state index contributed by atoms with van der Waals surface area (Å²) in [6.45, 7) is 1.67. The molecular formula is C15H20O4S. The molecule has 110 valence electrons. The van der Waals surface area contributed by atoms with Crippen molar-refractivity contribution >= 4 is 15.8 Å². The van der Waals surface area contributed by atoms with Gasteiger partial charge in [-0.3, -0.25) is 0 Å². The van der Waals surface area contributed by atoms with Gasteiger partial charge in [0.2, 0.25) is 0 Å². The number of aromatic carboxylic acids is 1. The molecule has 1 aliphatic rings. The number of aryl methyl sites for hydroxylation is 1. The number of carbonyl (C=O) groups is 1. The van der Waals surface area contributed by atoms with Crippen molar-refractivity contribution in [2.75, 3.05) is 5.75 Å². The minimum Gasteiger partial charge on any atom is -0.478 e. The van der Waals surface area contributed by atoms with Crippen LogP contribution in [0, 0.1) is 12.8 Å². The van der Waals surface area contributed by atoms with Gasteiger partial charge in [0.05, 0.1) is 16.2 Å². The van der Waals surface area contributed by atoms with Crippen LogP contribution in [-0.4, -0.2) is 25.2 Å². The van der Waals surface area contributed by atoms with Crippen molar-refractivity contribution in [3.05, 3.63) is 29.3 Å². The molecule has 0 radical (unpaired) electrons. The van der Waals surface area contributed by atoms with E-state index in [1.807, 2.05) is 0 Å². The fraction of sp³-hybridized carbons (Fsp3) is 0.533. The molecule has 1 fully saturated rings. The molecule has 0 atom stereocenters. The minimum atomic E-state index is -3.40. The number of rotatable bonds is 4. The fourth-order valence-electron chi connectivity index (χ4n) is 2.79. The summed E-state index contributed by atoms with van der Waals surface area (Å²) in [7, 11) is -3.40. The molecule has 0 spiro atoms. The third-order valence-electron chi connectivity index (χ3n) is 3.98. The lowest BCUT2D eigenvalue weighted by atomic mass is 9.91. The maximum atomic E-state index is 12.4. The van der Waals surface area contributed by atoms with Gasteiger partial charge in [-0.25, -0.2) is 13.2 Å². The SMILES string of the molecule is Cc1ccc(S(=O)(=O)CC2CCCCC2)cc1C(=O)O. The Labute approximate surface area is 119 Å². The summed E-state index contributed by atoms with van der Waals surface area (Å²) in [5.41, 5.74) is 0.642. The van der Waals surface area contributed by atoms with E-state index in [0.29, 0.717) is 5.56 Å². The molecule has 1 N–H and O–H groups in total. The predicted molar refractivity (Wildman–Crippen MR) is 76.8 cm³/mol. The maximum Gasteiger partial charge on any atom is 0.335 e. The average molecular weight is 296 g/mol. The second-order valence-corrected chi connectivity index (χ2v) is 7.60. The standard InChI is InChI=1S/C15H20O4S/c1-11-7-8-13(9-14(11)15(16)17)20(18,19)10-12-5-3-2-4-6-12/h7-9,12H,2-6,10H2,1H3,(H,16,17). The quantitative estimate of drug-likeness (QED) is 0.927. The van der Waals surface area contributed by atoms with Crippen molar-refractivity contribution in [1.82, 2.24) is 0 Å². The number of hydrogen-bond donors (Lipinski definition) is 1. The van der Waals surface area contributed by atoms with Crippen LogP contribution < -0.4 is 0 Å². The van der Waals surface area contributed by atoms with E-state index in [0.717, 1.165) is 25.7 Å². The first-order valence-electron chi connectivity index (χ1n) is 6.97. The lowest BCUT2D eigenvalue weighted by Crippen LogP contribution is -2.19. The van der Waals surface area contributed by atoms with Gasteiger partial charge in [0.15, 0.2) is 9.84 Å². The monoisotopic (exact) mass is 296 g/mol. The molecule has 0 bridgehead atoms. The molecule has 0 saturated heterocycles. The molecule has 4 nitrogen and oxygen atoms in total. The topological polar surface area (TPSA) is 71.4 Å². The molecule has 2 rings (SSSR count). The molecule has 0 amide bonds. The van der Waals surface area contributed by atoms with Crippen molar-refractivity contribution in [2.24, 2.45) is 5.92 Å². The first-order valence-corrected chi connectivity index (χ1v) is 8.62. The predicted octanol–water partition coefficient (Wildman–Crippen LogP) is 3.05. The van der Waals surface area contributed by atoms with Gasteiger partial charge in [0.25, 0.3) is 0 Å². The Kier molecular flexibility index (Phi) is 4.48. The van der Waals surface area contributed by atoms with Gasteiger partial charge in [-0.2, -0.15) is 0 Å². The number of benzene rings is 1. The van der Waals surface area contributed by atoms with Crippen LogP contribution in [0.1, 0.15) is 48.0 Å². The number of carboxylic acid groups (broad SMARTS) is 1. The average Bonchev–Trinajstić information content (AvgIpc) is 2.39. The highest BCUT2D eigenvalue weighted by Gasteiger charge is 2.24. The van der Waals surface area contributed by atoms with E-state index in [-0.39, 0.29) is 22.1 Å². The Morgan fingerprint density at radius 2 is 1.90 bits per heavy atom. The molecule has 1 aromatic rings. The Morgan fingerprint density at radius 1 is 1.25 bits per heavy atom. The molecule has 1 aliphatic carbocycles. The van der Waals surface area contributed by atoms with Gasteiger partial charge in [0.1, 0.15) is 0 Å². The van der Waals surface area contributed by atoms with Crippen LogP contribution in [0.2, 0.25) is 0 Å². The van der Waals surface area contributed by atoms with Crippen molar-refractivity contribution in [3.8, 4) is 0 Å². The first-order chi connectivity index (χ1) is 9.40. The fourth-order valence-corrected chi connectivity index (χ4v) is 4.50. The van der Waals surface area contributed by atoms with Crippen molar-refractivity contribution in [2.45, 2.75) is 43.9 Å². The number of carboxylic acids is 1. The molecule has 0 aromatic heterocycles. The van der Waals surface area contributed by atoms with Crippen LogP contribution in [-0.2, 0) is 9.84 Å². The summed E-state index contributed by atoms with van der Waals surface area (Å²) in [6, 6.07) is 4.37. The smallest absolute Gasteiger partial charge is 0.335 e. The van der Waals surface area contributed by atoms with Crippen molar-refractivity contribution in [1.29, 1.82) is 0 Å². The Balaban J connectivity index is 2.24. The third kappa shape index (κ3) is 3.39. The van der Waals surface area contributed by atoms with Gasteiger partial charge < -0.3 is 5.11 Å². The zero-order valence-corrected chi connectivity index (χ0v) is 12.4. The third-order valence-corrected chi connectivity index (χ3v) is 5.86. The molecule has 0 unspecified atom stereocenters. The molecular weight excluding hydrogens is 276 g/mol. The molecule has 0 aliphatic heterocycles. The lowest BCUT2D eigenvalue weighted by Gasteiger charge is -2.21. The van der Waals surface area contributed by atoms with Crippen LogP contribution in [0.25, 0.3) is 0 Å². The highest BCUT2D eigenvalue weighted by molar-refractivity contribution is 7.91. The minimum absolute atomic E-state index is 0.0646. The maximum absolute atomic E-state index is 12.4. The molecule has 0 heterocycles. The summed E-state index contributed by atoms with van der Waals surface area (Å²) in [5.74, 6) is -0.740. The van der Waals surface area contributed by atoms with Gasteiger partial charge in [0, 0.05) is 0 Å². The van der Waals surface area contributed by atoms with Gasteiger partial charge in [-0.15, -0.1) is 0 Å². The Hall–Kier alpha value is -1.36. The summed E-state index contributed by atoms with van der Waals surface area (Å²) >= 11 is 0. The Morgan fingerprint density at radius 3 is 2.50 bits per heavy atom. The normalized spacial score (nSPS) is 17.1. The molecule has 1 saturated carbocycles. The van der Waals surface area contributed by atoms with Gasteiger partial charge in [-0.05, 0) is 43.4 Å². The van der Waals surface area contributed by atoms with Crippen LogP contribution in [0.3, 0.4) is 0 Å². The second kappa shape index (κ2) is 5.95. The van der Waals surface area contributed by atoms with E-state index in [1.54, 1.807) is 13.0 Å². The van der Waals surface area contributed by atoms with E-state index in [2.05, 4.69) is 0 Å². The van der Waals surface area contributed by atoms with Gasteiger partial charge >= 0.3 is 5.97 Å². The molecule has 1 aromatic carbocycles. The molecule has 5 heteroatoms. The largest absolute Gasteiger partial charge is 0.478 e. The van der Waals surface area contributed by atoms with E-state index in [9.17, 15) is 13.2 Å². The lowest BCUT2D eigenvalue weighted by molar-refractivity contribution is 0.0696. The first kappa shape index (κ1) is 15.0. The second-order valence-electron chi connectivity index (χ2n) is 5.57. The molecule has 20 heavy (non-hydrogen) atoms. The van der Waals surface area contributed by atoms with E-state index < -0.39 is 15.8 Å². The van der Waals surface area contributed by atoms with E-state index in [4.69, 9.17) is 5.11 Å². The highest BCUT2D eigenvalue weighted by atomic mass is 32.2. The number of sulfone groups is 1. The van der Waals surface area contributed by atoms with E-state index >= 15 is 0 Å². The highest BCUT2D eigenvalue weighted by Crippen LogP contribution is 2.27. The van der Waals surface area contributed by atoms with Crippen molar-refractivity contribution in [3.63, 3.8) is 0 Å². The van der Waals surface area contributed by atoms with Crippen LogP contribution >= 0.6 is 0 Å². The summed E-state index contributed by atoms with van der Waals surface area (Å²) in [4.78, 5) is 11.2. The van der Waals surface area contributed by atoms with Crippen LogP contribution in [0.5, 0.6) is 0 Å². The van der Waals surface area contributed by atoms with Crippen LogP contribution in [0.15, 0.2) is 23.1 Å².